The van der Waals surface area contributed by atoms with Gasteiger partial charge in [-0.15, -0.1) is 0 Å². The molecule has 2 rings (SSSR count). The number of rotatable bonds is 1. The zero-order valence-corrected chi connectivity index (χ0v) is 6.86. The number of nitrogen functional groups attached to an aromatic ring is 1. The molecule has 2 atom stereocenters. The molecule has 1 aliphatic rings. The van der Waals surface area contributed by atoms with Crippen LogP contribution in [0.4, 0.5) is 5.88 Å². The van der Waals surface area contributed by atoms with Gasteiger partial charge in [-0.2, -0.15) is 0 Å². The molecular weight excluding hydrogens is 154 g/mol. The van der Waals surface area contributed by atoms with Gasteiger partial charge in [-0.05, 0) is 12.8 Å². The third-order valence-electron chi connectivity index (χ3n) is 2.50. The maximum Gasteiger partial charge on any atom is 0.222 e. The fourth-order valence-corrected chi connectivity index (χ4v) is 1.83. The van der Waals surface area contributed by atoms with Crippen LogP contribution in [-0.2, 0) is 0 Å². The highest BCUT2D eigenvalue weighted by Crippen LogP contribution is 2.33. The van der Waals surface area contributed by atoms with Crippen molar-refractivity contribution in [2.45, 2.75) is 31.2 Å². The van der Waals surface area contributed by atoms with E-state index >= 15 is 0 Å². The van der Waals surface area contributed by atoms with E-state index in [0.29, 0.717) is 11.8 Å². The lowest BCUT2D eigenvalue weighted by Crippen LogP contribution is -2.22. The molecule has 4 nitrogen and oxygen atoms in total. The first kappa shape index (κ1) is 7.61. The van der Waals surface area contributed by atoms with Gasteiger partial charge in [0, 0.05) is 18.0 Å². The molecular formula is C8H13N3O. The van der Waals surface area contributed by atoms with Gasteiger partial charge >= 0.3 is 0 Å². The molecule has 4 heteroatoms. The lowest BCUT2D eigenvalue weighted by atomic mass is 10.0. The predicted octanol–water partition coefficient (Wildman–Crippen LogP) is 0.852. The van der Waals surface area contributed by atoms with Gasteiger partial charge in [0.15, 0.2) is 0 Å². The molecule has 12 heavy (non-hydrogen) atoms. The van der Waals surface area contributed by atoms with Crippen LogP contribution in [0.3, 0.4) is 0 Å². The third-order valence-corrected chi connectivity index (χ3v) is 2.50. The molecule has 0 aliphatic heterocycles. The Kier molecular flexibility index (Phi) is 1.77. The van der Waals surface area contributed by atoms with Crippen LogP contribution in [-0.4, -0.2) is 11.2 Å². The Morgan fingerprint density at radius 1 is 1.50 bits per heavy atom. The maximum absolute atomic E-state index is 5.90. The Balaban J connectivity index is 2.19. The summed E-state index contributed by atoms with van der Waals surface area (Å²) in [7, 11) is 0. The van der Waals surface area contributed by atoms with Crippen LogP contribution in [0.25, 0.3) is 0 Å². The number of aromatic nitrogens is 1. The van der Waals surface area contributed by atoms with E-state index in [-0.39, 0.29) is 6.04 Å². The molecule has 1 saturated carbocycles. The maximum atomic E-state index is 5.90. The molecule has 1 aromatic rings. The lowest BCUT2D eigenvalue weighted by Gasteiger charge is -2.10. The number of hydrogen-bond acceptors (Lipinski definition) is 4. The second-order valence-electron chi connectivity index (χ2n) is 3.36. The van der Waals surface area contributed by atoms with E-state index in [4.69, 9.17) is 16.0 Å². The predicted molar refractivity (Wildman–Crippen MR) is 45.5 cm³/mol. The van der Waals surface area contributed by atoms with Crippen molar-refractivity contribution in [1.82, 2.24) is 5.16 Å². The van der Waals surface area contributed by atoms with Gasteiger partial charge in [-0.3, -0.25) is 0 Å². The highest BCUT2D eigenvalue weighted by Gasteiger charge is 2.27. The smallest absolute Gasteiger partial charge is 0.222 e. The Morgan fingerprint density at radius 2 is 2.33 bits per heavy atom. The molecule has 2 unspecified atom stereocenters. The second kappa shape index (κ2) is 2.79. The van der Waals surface area contributed by atoms with Crippen molar-refractivity contribution in [2.24, 2.45) is 5.73 Å². The van der Waals surface area contributed by atoms with Crippen molar-refractivity contribution in [3.05, 3.63) is 11.8 Å². The van der Waals surface area contributed by atoms with Crippen molar-refractivity contribution >= 4 is 5.88 Å². The van der Waals surface area contributed by atoms with E-state index < -0.39 is 0 Å². The van der Waals surface area contributed by atoms with Gasteiger partial charge in [0.2, 0.25) is 5.88 Å². The standard InChI is InChI=1S/C8H13N3O/c9-6-3-1-2-5(6)7-4-8(10)12-11-7/h4-6H,1-3,9-10H2. The van der Waals surface area contributed by atoms with Gasteiger partial charge in [-0.1, -0.05) is 11.6 Å². The van der Waals surface area contributed by atoms with Crippen molar-refractivity contribution in [2.75, 3.05) is 5.73 Å². The summed E-state index contributed by atoms with van der Waals surface area (Å²) in [5, 5.41) is 3.87. The highest BCUT2D eigenvalue weighted by molar-refractivity contribution is 5.27. The summed E-state index contributed by atoms with van der Waals surface area (Å²) in [6, 6.07) is 2.00. The number of nitrogens with zero attached hydrogens (tertiary/aromatic N) is 1. The average molecular weight is 167 g/mol. The van der Waals surface area contributed by atoms with Crippen molar-refractivity contribution in [3.8, 4) is 0 Å². The van der Waals surface area contributed by atoms with E-state index in [1.165, 1.54) is 6.42 Å². The zero-order valence-electron chi connectivity index (χ0n) is 6.86. The van der Waals surface area contributed by atoms with Crippen molar-refractivity contribution in [1.29, 1.82) is 0 Å². The average Bonchev–Trinajstić information content (AvgIpc) is 2.58. The van der Waals surface area contributed by atoms with Crippen LogP contribution in [0.2, 0.25) is 0 Å². The van der Waals surface area contributed by atoms with Crippen LogP contribution >= 0.6 is 0 Å². The fourth-order valence-electron chi connectivity index (χ4n) is 1.83. The van der Waals surface area contributed by atoms with Crippen LogP contribution in [0, 0.1) is 0 Å². The molecule has 0 spiro atoms. The van der Waals surface area contributed by atoms with Crippen LogP contribution in [0.5, 0.6) is 0 Å². The molecule has 66 valence electrons. The van der Waals surface area contributed by atoms with Crippen molar-refractivity contribution < 1.29 is 4.52 Å². The molecule has 0 amide bonds. The lowest BCUT2D eigenvalue weighted by molar-refractivity contribution is 0.415. The molecule has 1 fully saturated rings. The SMILES string of the molecule is Nc1cc(C2CCCC2N)no1. The molecule has 0 aromatic carbocycles. The Hall–Kier alpha value is -1.03. The van der Waals surface area contributed by atoms with Crippen LogP contribution in [0.15, 0.2) is 10.6 Å². The minimum atomic E-state index is 0.231. The molecule has 4 N–H and O–H groups in total. The first-order chi connectivity index (χ1) is 5.77. The van der Waals surface area contributed by atoms with E-state index in [1.54, 1.807) is 6.07 Å². The van der Waals surface area contributed by atoms with E-state index in [0.717, 1.165) is 18.5 Å². The summed E-state index contributed by atoms with van der Waals surface area (Å²) in [5.41, 5.74) is 12.2. The molecule has 1 heterocycles. The Morgan fingerprint density at radius 3 is 2.83 bits per heavy atom. The quantitative estimate of drug-likeness (QED) is 0.650. The van der Waals surface area contributed by atoms with Gasteiger partial charge in [-0.25, -0.2) is 0 Å². The molecule has 0 bridgehead atoms. The second-order valence-corrected chi connectivity index (χ2v) is 3.36. The summed E-state index contributed by atoms with van der Waals surface area (Å²) in [6.45, 7) is 0. The van der Waals surface area contributed by atoms with Crippen LogP contribution < -0.4 is 11.5 Å². The van der Waals surface area contributed by atoms with Gasteiger partial charge in [0.05, 0.1) is 5.69 Å². The summed E-state index contributed by atoms with van der Waals surface area (Å²) in [4.78, 5) is 0. The highest BCUT2D eigenvalue weighted by atomic mass is 16.5. The Bertz CT molecular complexity index is 271. The van der Waals surface area contributed by atoms with Gasteiger partial charge < -0.3 is 16.0 Å². The van der Waals surface area contributed by atoms with E-state index in [9.17, 15) is 0 Å². The van der Waals surface area contributed by atoms with E-state index in [2.05, 4.69) is 5.16 Å². The first-order valence-electron chi connectivity index (χ1n) is 4.25. The number of anilines is 1. The van der Waals surface area contributed by atoms with Gasteiger partial charge in [0.25, 0.3) is 0 Å². The molecule has 1 aliphatic carbocycles. The number of hydrogen-bond donors (Lipinski definition) is 2. The largest absolute Gasteiger partial charge is 0.368 e. The zero-order chi connectivity index (χ0) is 8.55. The number of nitrogens with two attached hydrogens (primary N) is 2. The summed E-state index contributed by atoms with van der Waals surface area (Å²) < 4.78 is 4.80. The monoisotopic (exact) mass is 167 g/mol. The third kappa shape index (κ3) is 1.18. The molecule has 1 aromatic heterocycles. The van der Waals surface area contributed by atoms with Crippen molar-refractivity contribution in [3.63, 3.8) is 0 Å². The topological polar surface area (TPSA) is 78.1 Å². The fraction of sp³-hybridized carbons (Fsp3) is 0.625. The molecule has 0 saturated heterocycles. The summed E-state index contributed by atoms with van der Waals surface area (Å²) >= 11 is 0. The Labute approximate surface area is 70.9 Å². The summed E-state index contributed by atoms with van der Waals surface area (Å²) in [5.74, 6) is 0.732. The van der Waals surface area contributed by atoms with E-state index in [1.807, 2.05) is 0 Å². The first-order valence-corrected chi connectivity index (χ1v) is 4.25. The van der Waals surface area contributed by atoms with Crippen LogP contribution in [0.1, 0.15) is 30.9 Å². The molecule has 0 radical (unpaired) electrons. The minimum Gasteiger partial charge on any atom is -0.368 e. The minimum absolute atomic E-state index is 0.231. The summed E-state index contributed by atoms with van der Waals surface area (Å²) in [6.07, 6.45) is 3.36. The normalized spacial score (nSPS) is 29.4. The van der Waals surface area contributed by atoms with Gasteiger partial charge in [0.1, 0.15) is 0 Å².